The van der Waals surface area contributed by atoms with Gasteiger partial charge in [-0.05, 0) is 48.4 Å². The van der Waals surface area contributed by atoms with Gasteiger partial charge in [0.1, 0.15) is 0 Å². The van der Waals surface area contributed by atoms with Gasteiger partial charge in [0, 0.05) is 23.2 Å². The van der Waals surface area contributed by atoms with Gasteiger partial charge in [-0.2, -0.15) is 0 Å². The Hall–Kier alpha value is -2.27. The van der Waals surface area contributed by atoms with Crippen molar-refractivity contribution in [3.63, 3.8) is 0 Å². The van der Waals surface area contributed by atoms with E-state index >= 15 is 0 Å². The number of anilines is 2. The fourth-order valence-corrected chi connectivity index (χ4v) is 2.93. The third kappa shape index (κ3) is 6.08. The van der Waals surface area contributed by atoms with Crippen LogP contribution in [0.15, 0.2) is 53.4 Å². The average Bonchev–Trinajstić information content (AvgIpc) is 2.56. The Balaban J connectivity index is 1.81. The van der Waals surface area contributed by atoms with Crippen LogP contribution in [0.1, 0.15) is 25.8 Å². The van der Waals surface area contributed by atoms with Crippen molar-refractivity contribution in [2.45, 2.75) is 31.6 Å². The number of hydrogen-bond donors (Lipinski definition) is 2. The molecule has 0 atom stereocenters. The van der Waals surface area contributed by atoms with Gasteiger partial charge < -0.3 is 10.6 Å². The Morgan fingerprint density at radius 3 is 2.08 bits per heavy atom. The number of benzene rings is 2. The number of amides is 2. The van der Waals surface area contributed by atoms with E-state index in [1.165, 1.54) is 24.2 Å². The summed E-state index contributed by atoms with van der Waals surface area (Å²) in [7, 11) is 0. The third-order valence-electron chi connectivity index (χ3n) is 3.32. The number of hydrogen-bond acceptors (Lipinski definition) is 3. The number of thioether (sulfide) groups is 1. The summed E-state index contributed by atoms with van der Waals surface area (Å²) in [5, 5.41) is 5.62. The number of aryl methyl sites for hydroxylation is 1. The maximum absolute atomic E-state index is 12.0. The molecule has 0 aliphatic rings. The van der Waals surface area contributed by atoms with Crippen LogP contribution in [0.3, 0.4) is 0 Å². The van der Waals surface area contributed by atoms with Crippen molar-refractivity contribution >= 4 is 35.0 Å². The molecule has 2 aromatic rings. The van der Waals surface area contributed by atoms with Crippen LogP contribution in [-0.2, 0) is 16.0 Å². The maximum atomic E-state index is 12.0. The largest absolute Gasteiger partial charge is 0.326 e. The van der Waals surface area contributed by atoms with Gasteiger partial charge in [0.05, 0.1) is 5.75 Å². The summed E-state index contributed by atoms with van der Waals surface area (Å²) in [5.74, 6) is 0.213. The second-order valence-electron chi connectivity index (χ2n) is 5.49. The Bertz CT molecular complexity index is 682. The lowest BCUT2D eigenvalue weighted by Gasteiger charge is -2.07. The summed E-state index contributed by atoms with van der Waals surface area (Å²) < 4.78 is 0. The Morgan fingerprint density at radius 1 is 0.917 bits per heavy atom. The first-order valence-electron chi connectivity index (χ1n) is 7.96. The summed E-state index contributed by atoms with van der Waals surface area (Å²) in [6, 6.07) is 15.4. The average molecular weight is 342 g/mol. The first kappa shape index (κ1) is 18.1. The highest BCUT2D eigenvalue weighted by Crippen LogP contribution is 2.21. The van der Waals surface area contributed by atoms with Crippen molar-refractivity contribution < 1.29 is 9.59 Å². The molecular formula is C19H22N2O2S. The molecule has 4 nitrogen and oxygen atoms in total. The first-order chi connectivity index (χ1) is 11.6. The van der Waals surface area contributed by atoms with Crippen LogP contribution in [0.5, 0.6) is 0 Å². The van der Waals surface area contributed by atoms with E-state index in [1.54, 1.807) is 0 Å². The van der Waals surface area contributed by atoms with E-state index in [4.69, 9.17) is 0 Å². The zero-order chi connectivity index (χ0) is 17.4. The zero-order valence-electron chi connectivity index (χ0n) is 14.0. The van der Waals surface area contributed by atoms with Crippen molar-refractivity contribution in [3.8, 4) is 0 Å². The molecular weight excluding hydrogens is 320 g/mol. The fraction of sp³-hybridized carbons (Fsp3) is 0.263. The van der Waals surface area contributed by atoms with Crippen molar-refractivity contribution in [1.29, 1.82) is 0 Å². The van der Waals surface area contributed by atoms with Crippen LogP contribution in [-0.4, -0.2) is 17.6 Å². The molecule has 126 valence electrons. The molecule has 2 amide bonds. The van der Waals surface area contributed by atoms with Crippen LogP contribution >= 0.6 is 11.8 Å². The minimum absolute atomic E-state index is 0.0332. The Labute approximate surface area is 147 Å². The van der Waals surface area contributed by atoms with Gasteiger partial charge in [-0.25, -0.2) is 0 Å². The SMILES string of the molecule is CCCc1ccc(NC(=O)CSc2ccc(NC(C)=O)cc2)cc1. The minimum Gasteiger partial charge on any atom is -0.326 e. The van der Waals surface area contributed by atoms with E-state index < -0.39 is 0 Å². The fourth-order valence-electron chi connectivity index (χ4n) is 2.23. The van der Waals surface area contributed by atoms with Crippen molar-refractivity contribution in [2.24, 2.45) is 0 Å². The number of carbonyl (C=O) groups excluding carboxylic acids is 2. The molecule has 0 spiro atoms. The van der Waals surface area contributed by atoms with Crippen LogP contribution < -0.4 is 10.6 Å². The maximum Gasteiger partial charge on any atom is 0.234 e. The number of rotatable bonds is 7. The molecule has 2 N–H and O–H groups in total. The van der Waals surface area contributed by atoms with Crippen molar-refractivity contribution in [3.05, 3.63) is 54.1 Å². The predicted octanol–water partition coefficient (Wildman–Crippen LogP) is 4.33. The van der Waals surface area contributed by atoms with Crippen molar-refractivity contribution in [2.75, 3.05) is 16.4 Å². The van der Waals surface area contributed by atoms with E-state index in [-0.39, 0.29) is 11.8 Å². The molecule has 0 saturated carbocycles. The molecule has 0 bridgehead atoms. The smallest absolute Gasteiger partial charge is 0.234 e. The van der Waals surface area contributed by atoms with Gasteiger partial charge in [-0.3, -0.25) is 9.59 Å². The summed E-state index contributed by atoms with van der Waals surface area (Å²) in [6.45, 7) is 3.62. The standard InChI is InChI=1S/C19H22N2O2S/c1-3-4-15-5-7-17(8-6-15)21-19(23)13-24-18-11-9-16(10-12-18)20-14(2)22/h5-12H,3-4,13H2,1-2H3,(H,20,22)(H,21,23). The van der Waals surface area contributed by atoms with Gasteiger partial charge in [-0.1, -0.05) is 25.5 Å². The predicted molar refractivity (Wildman–Crippen MR) is 101 cm³/mol. The molecule has 0 heterocycles. The minimum atomic E-state index is -0.0975. The van der Waals surface area contributed by atoms with Gasteiger partial charge >= 0.3 is 0 Å². The van der Waals surface area contributed by atoms with Crippen LogP contribution in [0.4, 0.5) is 11.4 Å². The lowest BCUT2D eigenvalue weighted by Crippen LogP contribution is -2.13. The molecule has 2 aromatic carbocycles. The van der Waals surface area contributed by atoms with Crippen LogP contribution in [0, 0.1) is 0 Å². The quantitative estimate of drug-likeness (QED) is 0.736. The number of nitrogens with one attached hydrogen (secondary N) is 2. The van der Waals surface area contributed by atoms with Gasteiger partial charge in [0.25, 0.3) is 0 Å². The molecule has 0 fully saturated rings. The molecule has 0 aliphatic heterocycles. The molecule has 2 rings (SSSR count). The monoisotopic (exact) mass is 342 g/mol. The van der Waals surface area contributed by atoms with Gasteiger partial charge in [0.2, 0.25) is 11.8 Å². The third-order valence-corrected chi connectivity index (χ3v) is 4.33. The first-order valence-corrected chi connectivity index (χ1v) is 8.94. The molecule has 0 radical (unpaired) electrons. The topological polar surface area (TPSA) is 58.2 Å². The van der Waals surface area contributed by atoms with E-state index in [1.807, 2.05) is 48.5 Å². The molecule has 0 unspecified atom stereocenters. The lowest BCUT2D eigenvalue weighted by atomic mass is 10.1. The lowest BCUT2D eigenvalue weighted by molar-refractivity contribution is -0.114. The summed E-state index contributed by atoms with van der Waals surface area (Å²) in [5.41, 5.74) is 2.86. The molecule has 0 aliphatic carbocycles. The van der Waals surface area contributed by atoms with E-state index in [0.717, 1.165) is 29.1 Å². The summed E-state index contributed by atoms with van der Waals surface area (Å²) >= 11 is 1.46. The highest BCUT2D eigenvalue weighted by molar-refractivity contribution is 8.00. The van der Waals surface area contributed by atoms with E-state index in [9.17, 15) is 9.59 Å². The zero-order valence-corrected chi connectivity index (χ0v) is 14.8. The number of carbonyl (C=O) groups is 2. The summed E-state index contributed by atoms with van der Waals surface area (Å²) in [4.78, 5) is 24.0. The van der Waals surface area contributed by atoms with Gasteiger partial charge in [-0.15, -0.1) is 11.8 Å². The van der Waals surface area contributed by atoms with Gasteiger partial charge in [0.15, 0.2) is 0 Å². The highest BCUT2D eigenvalue weighted by Gasteiger charge is 2.04. The Kier molecular flexibility index (Phi) is 6.88. The summed E-state index contributed by atoms with van der Waals surface area (Å²) in [6.07, 6.45) is 2.17. The van der Waals surface area contributed by atoms with E-state index in [0.29, 0.717) is 5.75 Å². The highest BCUT2D eigenvalue weighted by atomic mass is 32.2. The van der Waals surface area contributed by atoms with Crippen molar-refractivity contribution in [1.82, 2.24) is 0 Å². The molecule has 5 heteroatoms. The Morgan fingerprint density at radius 2 is 1.50 bits per heavy atom. The molecule has 0 saturated heterocycles. The normalized spacial score (nSPS) is 10.2. The van der Waals surface area contributed by atoms with E-state index in [2.05, 4.69) is 17.6 Å². The molecule has 24 heavy (non-hydrogen) atoms. The second kappa shape index (κ2) is 9.13. The second-order valence-corrected chi connectivity index (χ2v) is 6.54. The van der Waals surface area contributed by atoms with Crippen LogP contribution in [0.25, 0.3) is 0 Å². The molecule has 0 aromatic heterocycles. The van der Waals surface area contributed by atoms with Crippen LogP contribution in [0.2, 0.25) is 0 Å².